The molecule has 0 bridgehead atoms. The number of ether oxygens (including phenoxy) is 4. The van der Waals surface area contributed by atoms with Gasteiger partial charge in [-0.25, -0.2) is 4.79 Å². The molecule has 2 heterocycles. The van der Waals surface area contributed by atoms with Crippen molar-refractivity contribution < 1.29 is 23.7 Å². The van der Waals surface area contributed by atoms with E-state index in [0.717, 1.165) is 15.6 Å². The molecular weight excluding hydrogens is 512 g/mol. The minimum Gasteiger partial charge on any atom is -0.493 e. The lowest BCUT2D eigenvalue weighted by Crippen LogP contribution is -2.21. The Morgan fingerprint density at radius 2 is 1.97 bits per heavy atom. The summed E-state index contributed by atoms with van der Waals surface area (Å²) in [7, 11) is 1.55. The third-order valence-electron chi connectivity index (χ3n) is 5.94. The van der Waals surface area contributed by atoms with Crippen LogP contribution in [0.25, 0.3) is 10.1 Å². The number of fused-ring (bicyclic) bond motifs is 2. The zero-order valence-corrected chi connectivity index (χ0v) is 21.5. The second kappa shape index (κ2) is 10.1. The van der Waals surface area contributed by atoms with Crippen LogP contribution < -0.4 is 24.7 Å². The van der Waals surface area contributed by atoms with E-state index < -0.39 is 11.9 Å². The largest absolute Gasteiger partial charge is 0.493 e. The van der Waals surface area contributed by atoms with Gasteiger partial charge in [0, 0.05) is 21.7 Å². The highest BCUT2D eigenvalue weighted by Gasteiger charge is 2.32. The Bertz CT molecular complexity index is 1600. The van der Waals surface area contributed by atoms with Crippen LogP contribution in [0.5, 0.6) is 23.0 Å². The number of nitrogens with zero attached hydrogens (tertiary/aromatic N) is 1. The van der Waals surface area contributed by atoms with Crippen molar-refractivity contribution in [1.29, 1.82) is 5.26 Å². The van der Waals surface area contributed by atoms with Gasteiger partial charge in [-0.05, 0) is 36.8 Å². The highest BCUT2D eigenvalue weighted by molar-refractivity contribution is 7.21. The molecule has 37 heavy (non-hydrogen) atoms. The van der Waals surface area contributed by atoms with Gasteiger partial charge >= 0.3 is 5.97 Å². The highest BCUT2D eigenvalue weighted by Crippen LogP contribution is 2.45. The van der Waals surface area contributed by atoms with Crippen LogP contribution in [0.15, 0.2) is 72.1 Å². The molecule has 0 radical (unpaired) electrons. The molecular formula is C28H21ClN2O5S. The van der Waals surface area contributed by atoms with Crippen LogP contribution in [0.4, 0.5) is 0 Å². The summed E-state index contributed by atoms with van der Waals surface area (Å²) in [5, 5.41) is 11.0. The van der Waals surface area contributed by atoms with E-state index in [0.29, 0.717) is 39.3 Å². The number of thiophene rings is 1. The molecule has 0 fully saturated rings. The number of rotatable bonds is 6. The molecule has 0 spiro atoms. The van der Waals surface area contributed by atoms with Crippen molar-refractivity contribution in [2.24, 2.45) is 5.73 Å². The van der Waals surface area contributed by atoms with Crippen molar-refractivity contribution in [2.45, 2.75) is 12.8 Å². The standard InChI is InChI=1S/C28H21ClN2O5S/c1-3-34-20-11-8-15(12-22(20)33-2)24-17-10-9-16(13-21(17)36-27(31)19(24)14-30)35-28(32)26-25(29)18-6-4-5-7-23(18)37-26/h4-13,24H,3,31H2,1-2H3. The second-order valence-electron chi connectivity index (χ2n) is 8.10. The maximum Gasteiger partial charge on any atom is 0.355 e. The first-order chi connectivity index (χ1) is 17.9. The number of hydrogen-bond acceptors (Lipinski definition) is 8. The summed E-state index contributed by atoms with van der Waals surface area (Å²) in [5.74, 6) is 0.656. The number of methoxy groups -OCH3 is 1. The van der Waals surface area contributed by atoms with Crippen molar-refractivity contribution in [3.63, 3.8) is 0 Å². The SMILES string of the molecule is CCOc1ccc(C2C(C#N)=C(N)Oc3cc(OC(=O)c4sc5ccccc5c4Cl)ccc32)cc1OC. The number of esters is 1. The zero-order valence-electron chi connectivity index (χ0n) is 19.9. The molecule has 2 N–H and O–H groups in total. The van der Waals surface area contributed by atoms with Gasteiger partial charge in [0.25, 0.3) is 0 Å². The summed E-state index contributed by atoms with van der Waals surface area (Å²) >= 11 is 7.71. The lowest BCUT2D eigenvalue weighted by Gasteiger charge is -2.27. The third-order valence-corrected chi connectivity index (χ3v) is 7.60. The Labute approximate surface area is 222 Å². The normalized spacial score (nSPS) is 14.5. The van der Waals surface area contributed by atoms with Crippen molar-refractivity contribution in [1.82, 2.24) is 0 Å². The number of carbonyl (C=O) groups is 1. The maximum atomic E-state index is 12.9. The molecule has 1 aromatic heterocycles. The minimum absolute atomic E-state index is 0.0242. The van der Waals surface area contributed by atoms with Gasteiger partial charge in [0.2, 0.25) is 5.88 Å². The van der Waals surface area contributed by atoms with E-state index in [1.54, 1.807) is 31.4 Å². The lowest BCUT2D eigenvalue weighted by atomic mass is 9.83. The smallest absolute Gasteiger partial charge is 0.355 e. The van der Waals surface area contributed by atoms with Crippen LogP contribution in [0.3, 0.4) is 0 Å². The van der Waals surface area contributed by atoms with Gasteiger partial charge in [-0.1, -0.05) is 41.9 Å². The Hall–Kier alpha value is -4.19. The Morgan fingerprint density at radius 1 is 1.16 bits per heavy atom. The summed E-state index contributed by atoms with van der Waals surface area (Å²) in [5.41, 5.74) is 7.87. The van der Waals surface area contributed by atoms with Crippen LogP contribution in [-0.2, 0) is 0 Å². The van der Waals surface area contributed by atoms with Gasteiger partial charge in [0.15, 0.2) is 11.5 Å². The first-order valence-corrected chi connectivity index (χ1v) is 12.6. The van der Waals surface area contributed by atoms with Gasteiger partial charge in [-0.2, -0.15) is 5.26 Å². The number of nitriles is 1. The van der Waals surface area contributed by atoms with Gasteiger partial charge in [-0.15, -0.1) is 11.3 Å². The molecule has 186 valence electrons. The predicted octanol–water partition coefficient (Wildman–Crippen LogP) is 6.40. The summed E-state index contributed by atoms with van der Waals surface area (Å²) in [6.07, 6.45) is 0. The first-order valence-electron chi connectivity index (χ1n) is 11.4. The molecule has 0 saturated heterocycles. The molecule has 9 heteroatoms. The molecule has 1 atom stereocenters. The number of hydrogen-bond donors (Lipinski definition) is 1. The number of nitrogens with two attached hydrogens (primary N) is 1. The average molecular weight is 533 g/mol. The molecule has 4 aromatic rings. The predicted molar refractivity (Wildman–Crippen MR) is 142 cm³/mol. The second-order valence-corrected chi connectivity index (χ2v) is 9.53. The molecule has 1 unspecified atom stereocenters. The number of halogens is 1. The first kappa shape index (κ1) is 24.5. The fourth-order valence-corrected chi connectivity index (χ4v) is 5.66. The van der Waals surface area contributed by atoms with Crippen molar-refractivity contribution >= 4 is 39.0 Å². The van der Waals surface area contributed by atoms with E-state index in [1.165, 1.54) is 11.3 Å². The zero-order chi connectivity index (χ0) is 26.1. The van der Waals surface area contributed by atoms with Gasteiger partial charge < -0.3 is 24.7 Å². The Kier molecular flexibility index (Phi) is 6.66. The molecule has 0 saturated carbocycles. The molecule has 3 aromatic carbocycles. The lowest BCUT2D eigenvalue weighted by molar-refractivity contribution is 0.0740. The summed E-state index contributed by atoms with van der Waals surface area (Å²) < 4.78 is 23.4. The molecule has 7 nitrogen and oxygen atoms in total. The van der Waals surface area contributed by atoms with Crippen LogP contribution in [0.2, 0.25) is 5.02 Å². The minimum atomic E-state index is -0.573. The van der Waals surface area contributed by atoms with Crippen molar-refractivity contribution in [3.05, 3.63) is 93.1 Å². The average Bonchev–Trinajstić information content (AvgIpc) is 3.25. The molecule has 0 amide bonds. The van der Waals surface area contributed by atoms with Crippen LogP contribution in [0, 0.1) is 11.3 Å². The molecule has 1 aliphatic heterocycles. The third kappa shape index (κ3) is 4.44. The summed E-state index contributed by atoms with van der Waals surface area (Å²) in [6.45, 7) is 2.37. The monoisotopic (exact) mass is 532 g/mol. The van der Waals surface area contributed by atoms with E-state index in [1.807, 2.05) is 43.3 Å². The Morgan fingerprint density at radius 3 is 2.70 bits per heavy atom. The topological polar surface area (TPSA) is 104 Å². The van der Waals surface area contributed by atoms with E-state index in [-0.39, 0.29) is 17.2 Å². The fraction of sp³-hybridized carbons (Fsp3) is 0.143. The van der Waals surface area contributed by atoms with E-state index >= 15 is 0 Å². The maximum absolute atomic E-state index is 12.9. The van der Waals surface area contributed by atoms with Crippen molar-refractivity contribution in [2.75, 3.05) is 13.7 Å². The van der Waals surface area contributed by atoms with Crippen LogP contribution >= 0.6 is 22.9 Å². The molecule has 1 aliphatic rings. The molecule has 0 aliphatic carbocycles. The highest BCUT2D eigenvalue weighted by atomic mass is 35.5. The molecule has 5 rings (SSSR count). The Balaban J connectivity index is 1.49. The summed E-state index contributed by atoms with van der Waals surface area (Å²) in [6, 6.07) is 20.1. The van der Waals surface area contributed by atoms with Crippen molar-refractivity contribution in [3.8, 4) is 29.1 Å². The van der Waals surface area contributed by atoms with Gasteiger partial charge in [-0.3, -0.25) is 0 Å². The number of carbonyl (C=O) groups excluding carboxylic acids is 1. The van der Waals surface area contributed by atoms with E-state index in [9.17, 15) is 10.1 Å². The van der Waals surface area contributed by atoms with E-state index in [2.05, 4.69) is 6.07 Å². The van der Waals surface area contributed by atoms with Crippen LogP contribution in [0.1, 0.15) is 33.6 Å². The van der Waals surface area contributed by atoms with Gasteiger partial charge in [0.05, 0.1) is 24.7 Å². The van der Waals surface area contributed by atoms with Crippen LogP contribution in [-0.4, -0.2) is 19.7 Å². The quantitative estimate of drug-likeness (QED) is 0.226. The fourth-order valence-electron chi connectivity index (χ4n) is 4.28. The summed E-state index contributed by atoms with van der Waals surface area (Å²) in [4.78, 5) is 13.2. The number of allylic oxidation sites excluding steroid dienone is 1. The number of benzene rings is 3. The van der Waals surface area contributed by atoms with Gasteiger partial charge in [0.1, 0.15) is 28.0 Å². The van der Waals surface area contributed by atoms with E-state index in [4.69, 9.17) is 36.3 Å².